The Labute approximate surface area is 138 Å². The lowest BCUT2D eigenvalue weighted by atomic mass is 10.1. The van der Waals surface area contributed by atoms with Crippen molar-refractivity contribution in [1.29, 1.82) is 0 Å². The number of carbonyl (C=O) groups excluding carboxylic acids is 1. The minimum atomic E-state index is 0.0374. The van der Waals surface area contributed by atoms with E-state index in [-0.39, 0.29) is 5.91 Å². The van der Waals surface area contributed by atoms with Crippen molar-refractivity contribution >= 4 is 5.91 Å². The average Bonchev–Trinajstić information content (AvgIpc) is 2.60. The van der Waals surface area contributed by atoms with Crippen LogP contribution in [0.5, 0.6) is 0 Å². The Hall–Kier alpha value is -2.17. The molecule has 0 heterocycles. The second-order valence-corrected chi connectivity index (χ2v) is 5.56. The standard InChI is InChI=1S/C19H25N3O/c20-12-14-22(13-11-17-7-3-1-4-8-17)16-19(23)21-15-18-9-5-2-6-10-18/h1-10H,11-16,20H2,(H,21,23). The summed E-state index contributed by atoms with van der Waals surface area (Å²) < 4.78 is 0. The number of hydrogen-bond acceptors (Lipinski definition) is 3. The molecule has 1 amide bonds. The molecule has 122 valence electrons. The maximum absolute atomic E-state index is 12.1. The summed E-state index contributed by atoms with van der Waals surface area (Å²) in [7, 11) is 0. The highest BCUT2D eigenvalue weighted by Gasteiger charge is 2.10. The third kappa shape index (κ3) is 6.63. The summed E-state index contributed by atoms with van der Waals surface area (Å²) in [5.41, 5.74) is 8.05. The van der Waals surface area contributed by atoms with Crippen LogP contribution in [0.1, 0.15) is 11.1 Å². The summed E-state index contributed by atoms with van der Waals surface area (Å²) in [5, 5.41) is 2.96. The van der Waals surface area contributed by atoms with Gasteiger partial charge in [0.25, 0.3) is 0 Å². The Morgan fingerprint density at radius 2 is 1.52 bits per heavy atom. The number of carbonyl (C=O) groups is 1. The first-order valence-electron chi connectivity index (χ1n) is 8.05. The minimum absolute atomic E-state index is 0.0374. The molecule has 0 spiro atoms. The molecule has 4 heteroatoms. The van der Waals surface area contributed by atoms with Gasteiger partial charge in [0.1, 0.15) is 0 Å². The Kier molecular flexibility index (Phi) is 7.30. The van der Waals surface area contributed by atoms with Gasteiger partial charge < -0.3 is 11.1 Å². The molecule has 0 aliphatic carbocycles. The van der Waals surface area contributed by atoms with Crippen LogP contribution in [0.4, 0.5) is 0 Å². The van der Waals surface area contributed by atoms with E-state index in [0.29, 0.717) is 19.6 Å². The zero-order valence-electron chi connectivity index (χ0n) is 13.4. The summed E-state index contributed by atoms with van der Waals surface area (Å²) in [6, 6.07) is 20.2. The summed E-state index contributed by atoms with van der Waals surface area (Å²) in [5.74, 6) is 0.0374. The van der Waals surface area contributed by atoms with Crippen molar-refractivity contribution in [3.63, 3.8) is 0 Å². The summed E-state index contributed by atoms with van der Waals surface area (Å²) in [6.45, 7) is 3.07. The van der Waals surface area contributed by atoms with Crippen LogP contribution in [-0.4, -0.2) is 37.0 Å². The second kappa shape index (κ2) is 9.77. The van der Waals surface area contributed by atoms with E-state index >= 15 is 0 Å². The van der Waals surface area contributed by atoms with E-state index in [1.165, 1.54) is 5.56 Å². The van der Waals surface area contributed by atoms with Crippen molar-refractivity contribution in [3.05, 3.63) is 71.8 Å². The molecule has 0 aromatic heterocycles. The number of rotatable bonds is 9. The molecule has 0 atom stereocenters. The van der Waals surface area contributed by atoms with Crippen LogP contribution in [0.25, 0.3) is 0 Å². The van der Waals surface area contributed by atoms with Crippen molar-refractivity contribution in [2.24, 2.45) is 5.73 Å². The Morgan fingerprint density at radius 3 is 2.13 bits per heavy atom. The zero-order valence-corrected chi connectivity index (χ0v) is 13.4. The maximum Gasteiger partial charge on any atom is 0.234 e. The van der Waals surface area contributed by atoms with E-state index in [4.69, 9.17) is 5.73 Å². The molecule has 3 N–H and O–H groups in total. The Morgan fingerprint density at radius 1 is 0.913 bits per heavy atom. The quantitative estimate of drug-likeness (QED) is 0.742. The van der Waals surface area contributed by atoms with Crippen LogP contribution in [0.15, 0.2) is 60.7 Å². The van der Waals surface area contributed by atoms with E-state index in [1.54, 1.807) is 0 Å². The van der Waals surface area contributed by atoms with Crippen molar-refractivity contribution in [2.75, 3.05) is 26.2 Å². The number of nitrogens with zero attached hydrogens (tertiary/aromatic N) is 1. The first kappa shape index (κ1) is 17.2. The largest absolute Gasteiger partial charge is 0.351 e. The summed E-state index contributed by atoms with van der Waals surface area (Å²) >= 11 is 0. The van der Waals surface area contributed by atoms with Crippen LogP contribution >= 0.6 is 0 Å². The molecule has 0 radical (unpaired) electrons. The third-order valence-corrected chi connectivity index (χ3v) is 3.70. The topological polar surface area (TPSA) is 58.4 Å². The first-order valence-corrected chi connectivity index (χ1v) is 8.05. The highest BCUT2D eigenvalue weighted by Crippen LogP contribution is 2.02. The molecule has 2 rings (SSSR count). The van der Waals surface area contributed by atoms with Gasteiger partial charge in [0.15, 0.2) is 0 Å². The van der Waals surface area contributed by atoms with Crippen LogP contribution in [0.3, 0.4) is 0 Å². The predicted molar refractivity (Wildman–Crippen MR) is 93.9 cm³/mol. The van der Waals surface area contributed by atoms with Crippen molar-refractivity contribution in [2.45, 2.75) is 13.0 Å². The molecule has 4 nitrogen and oxygen atoms in total. The fourth-order valence-corrected chi connectivity index (χ4v) is 2.44. The van der Waals surface area contributed by atoms with Crippen LogP contribution in [0.2, 0.25) is 0 Å². The van der Waals surface area contributed by atoms with Gasteiger partial charge in [-0.2, -0.15) is 0 Å². The van der Waals surface area contributed by atoms with Gasteiger partial charge in [0, 0.05) is 26.2 Å². The molecule has 0 bridgehead atoms. The summed E-state index contributed by atoms with van der Waals surface area (Å²) in [4.78, 5) is 14.2. The van der Waals surface area contributed by atoms with E-state index in [9.17, 15) is 4.79 Å². The van der Waals surface area contributed by atoms with Gasteiger partial charge in [-0.05, 0) is 17.5 Å². The molecule has 2 aromatic carbocycles. The van der Waals surface area contributed by atoms with Crippen molar-refractivity contribution in [1.82, 2.24) is 10.2 Å². The Bertz CT molecular complexity index is 572. The molecule has 0 fully saturated rings. The number of hydrogen-bond donors (Lipinski definition) is 2. The number of nitrogens with one attached hydrogen (secondary N) is 1. The monoisotopic (exact) mass is 311 g/mol. The van der Waals surface area contributed by atoms with Crippen molar-refractivity contribution < 1.29 is 4.79 Å². The van der Waals surface area contributed by atoms with E-state index in [0.717, 1.165) is 25.1 Å². The molecule has 0 aliphatic heterocycles. The normalized spacial score (nSPS) is 10.7. The average molecular weight is 311 g/mol. The van der Waals surface area contributed by atoms with Gasteiger partial charge in [-0.3, -0.25) is 9.69 Å². The second-order valence-electron chi connectivity index (χ2n) is 5.56. The molecule has 0 aliphatic rings. The molecule has 0 unspecified atom stereocenters. The number of nitrogens with two attached hydrogens (primary N) is 1. The highest BCUT2D eigenvalue weighted by atomic mass is 16.2. The lowest BCUT2D eigenvalue weighted by Gasteiger charge is -2.21. The first-order chi connectivity index (χ1) is 11.3. The lowest BCUT2D eigenvalue weighted by Crippen LogP contribution is -2.40. The maximum atomic E-state index is 12.1. The van der Waals surface area contributed by atoms with Gasteiger partial charge in [-0.1, -0.05) is 60.7 Å². The van der Waals surface area contributed by atoms with Crippen molar-refractivity contribution in [3.8, 4) is 0 Å². The SMILES string of the molecule is NCCN(CCc1ccccc1)CC(=O)NCc1ccccc1. The van der Waals surface area contributed by atoms with Gasteiger partial charge in [0.2, 0.25) is 5.91 Å². The van der Waals surface area contributed by atoms with Crippen LogP contribution in [0, 0.1) is 0 Å². The lowest BCUT2D eigenvalue weighted by molar-refractivity contribution is -0.122. The van der Waals surface area contributed by atoms with Gasteiger partial charge in [-0.15, -0.1) is 0 Å². The van der Waals surface area contributed by atoms with Gasteiger partial charge >= 0.3 is 0 Å². The number of benzene rings is 2. The number of amides is 1. The summed E-state index contributed by atoms with van der Waals surface area (Å²) in [6.07, 6.45) is 0.923. The predicted octanol–water partition coefficient (Wildman–Crippen LogP) is 1.81. The van der Waals surface area contributed by atoms with Gasteiger partial charge in [-0.25, -0.2) is 0 Å². The molecule has 0 saturated carbocycles. The molecular weight excluding hydrogens is 286 g/mol. The van der Waals surface area contributed by atoms with E-state index in [2.05, 4.69) is 22.3 Å². The fourth-order valence-electron chi connectivity index (χ4n) is 2.44. The van der Waals surface area contributed by atoms with Gasteiger partial charge in [0.05, 0.1) is 6.54 Å². The smallest absolute Gasteiger partial charge is 0.234 e. The minimum Gasteiger partial charge on any atom is -0.351 e. The Balaban J connectivity index is 1.77. The molecular formula is C19H25N3O. The van der Waals surface area contributed by atoms with E-state index < -0.39 is 0 Å². The highest BCUT2D eigenvalue weighted by molar-refractivity contribution is 5.78. The fraction of sp³-hybridized carbons (Fsp3) is 0.316. The molecule has 23 heavy (non-hydrogen) atoms. The van der Waals surface area contributed by atoms with Crippen LogP contribution in [-0.2, 0) is 17.8 Å². The zero-order chi connectivity index (χ0) is 16.3. The van der Waals surface area contributed by atoms with E-state index in [1.807, 2.05) is 48.5 Å². The third-order valence-electron chi connectivity index (χ3n) is 3.70. The molecule has 0 saturated heterocycles. The molecule has 2 aromatic rings. The van der Waals surface area contributed by atoms with Crippen LogP contribution < -0.4 is 11.1 Å².